The third-order valence-corrected chi connectivity index (χ3v) is 18.7. The predicted octanol–water partition coefficient (Wildman–Crippen LogP) is 12.2. The number of ether oxygens (including phenoxy) is 7. The van der Waals surface area contributed by atoms with Crippen molar-refractivity contribution in [1.29, 1.82) is 0 Å². The molecule has 1 atom stereocenters. The van der Waals surface area contributed by atoms with Gasteiger partial charge in [-0.05, 0) is 130 Å². The maximum Gasteiger partial charge on any atom is 0.308 e. The number of carbonyl (C=O) groups is 6. The van der Waals surface area contributed by atoms with Gasteiger partial charge in [0.15, 0.2) is 11.5 Å². The second-order valence-electron chi connectivity index (χ2n) is 28.1. The van der Waals surface area contributed by atoms with Gasteiger partial charge >= 0.3 is 5.97 Å². The summed E-state index contributed by atoms with van der Waals surface area (Å²) in [5.74, 6) is -0.786. The van der Waals surface area contributed by atoms with Crippen molar-refractivity contribution in [3.8, 4) is 5.75 Å². The van der Waals surface area contributed by atoms with Gasteiger partial charge in [-0.3, -0.25) is 33.3 Å². The largest absolute Gasteiger partial charge is 0.492 e. The van der Waals surface area contributed by atoms with E-state index >= 15 is 0 Å². The molecule has 0 bridgehead atoms. The highest BCUT2D eigenvalue weighted by Crippen LogP contribution is 2.51. The molecular weight excluding hydrogens is 1340 g/mol. The third-order valence-electron chi connectivity index (χ3n) is 17.9. The molecule has 0 saturated heterocycles. The molecule has 3 amide bonds. The highest BCUT2D eigenvalue weighted by Gasteiger charge is 2.45. The minimum absolute atomic E-state index is 0.0443. The lowest BCUT2D eigenvalue weighted by Crippen LogP contribution is -2.42. The Kier molecular flexibility index (Phi) is 33.6. The number of fused-ring (bicyclic) bond motifs is 6. The van der Waals surface area contributed by atoms with Gasteiger partial charge in [0.25, 0.3) is 10.1 Å². The van der Waals surface area contributed by atoms with Gasteiger partial charge in [-0.1, -0.05) is 118 Å². The second-order valence-corrected chi connectivity index (χ2v) is 29.7. The molecule has 4 N–H and O–H groups in total. The summed E-state index contributed by atoms with van der Waals surface area (Å²) in [5.41, 5.74) is 6.52. The molecule has 2 heterocycles. The van der Waals surface area contributed by atoms with E-state index in [9.17, 15) is 41.7 Å². The molecule has 0 saturated carbocycles. The van der Waals surface area contributed by atoms with E-state index in [0.717, 1.165) is 40.2 Å². The summed E-state index contributed by atoms with van der Waals surface area (Å²) in [4.78, 5) is 78.2. The van der Waals surface area contributed by atoms with Crippen LogP contribution in [-0.2, 0) is 84.6 Å². The van der Waals surface area contributed by atoms with E-state index in [-0.39, 0.29) is 163 Å². The van der Waals surface area contributed by atoms with E-state index in [1.807, 2.05) is 70.2 Å². The molecule has 564 valence electrons. The number of anilines is 1. The van der Waals surface area contributed by atoms with Crippen LogP contribution in [0.5, 0.6) is 5.75 Å². The molecule has 7 rings (SSSR count). The number of rotatable bonds is 48. The summed E-state index contributed by atoms with van der Waals surface area (Å²) in [6, 6.07) is 32.0. The zero-order chi connectivity index (χ0) is 75.0. The van der Waals surface area contributed by atoms with Crippen LogP contribution in [0.1, 0.15) is 149 Å². The molecule has 104 heavy (non-hydrogen) atoms. The molecule has 0 aliphatic carbocycles. The number of nitrogens with zero attached hydrogens (tertiary/aromatic N) is 2. The number of ketones is 2. The normalized spacial score (nSPS) is 14.8. The van der Waals surface area contributed by atoms with Crippen LogP contribution >= 0.6 is 0 Å². The van der Waals surface area contributed by atoms with Gasteiger partial charge < -0.3 is 54.0 Å². The van der Waals surface area contributed by atoms with Gasteiger partial charge in [0.1, 0.15) is 30.3 Å². The molecule has 0 fully saturated rings. The van der Waals surface area contributed by atoms with Gasteiger partial charge in [0.2, 0.25) is 23.4 Å². The molecule has 2 aliphatic heterocycles. The monoisotopic (exact) mass is 1450 g/mol. The quantitative estimate of drug-likeness (QED) is 0.00927. The molecule has 0 unspecified atom stereocenters. The number of carbonyl (C=O) groups excluding carboxylic acids is 6. The fourth-order valence-electron chi connectivity index (χ4n) is 12.9. The Morgan fingerprint density at radius 2 is 1.15 bits per heavy atom. The summed E-state index contributed by atoms with van der Waals surface area (Å²) >= 11 is 0. The Balaban J connectivity index is 0.808. The SMILES string of the molecule is CCCOCCC(=O)N[C@@H](Cc1ccc(OCCNC(=O)CCOCCN2\C(=C/C=C/C=C/C=C/C3=[N+](CCCCS(=O)(=O)O)c4ccc5ccccc5c4C3(C)C)C(C)(C)c3c2ccc2ccccc32)cc1)C(=O)CCCOCCC(=O)NCCOCCC(=O)CCCOCCC(=O)OC(C)(C)C. The number of unbranched alkanes of at least 4 members (excludes halogenated alkanes) is 1. The maximum atomic E-state index is 13.6. The lowest BCUT2D eigenvalue weighted by atomic mass is 9.79. The minimum Gasteiger partial charge on any atom is -0.492 e. The third kappa shape index (κ3) is 27.0. The number of Topliss-reactive ketones (excluding diaryl/α,β-unsaturated/α-hetero) is 2. The Morgan fingerprint density at radius 1 is 0.577 bits per heavy atom. The first kappa shape index (κ1) is 83.1. The van der Waals surface area contributed by atoms with Crippen molar-refractivity contribution in [3.05, 3.63) is 162 Å². The van der Waals surface area contributed by atoms with Gasteiger partial charge in [-0.2, -0.15) is 13.0 Å². The Morgan fingerprint density at radius 3 is 1.83 bits per heavy atom. The fraction of sp³-hybridized carbons (Fsp3) is 0.500. The van der Waals surface area contributed by atoms with Crippen LogP contribution in [0.3, 0.4) is 0 Å². The van der Waals surface area contributed by atoms with Crippen LogP contribution in [0.15, 0.2) is 145 Å². The molecule has 0 radical (unpaired) electrons. The molecule has 22 heteroatoms. The number of hydrogen-bond donors (Lipinski definition) is 4. The highest BCUT2D eigenvalue weighted by molar-refractivity contribution is 7.85. The van der Waals surface area contributed by atoms with Crippen molar-refractivity contribution >= 4 is 84.0 Å². The van der Waals surface area contributed by atoms with Crippen LogP contribution < -0.4 is 25.6 Å². The number of benzene rings is 5. The standard InChI is InChI=1S/C82H109N5O16S/c1-9-48-97-54-42-76(92)85-68(71(89)28-22-50-98-52-40-74(90)83-44-56-100-51-39-64(88)25-21-49-99-55-43-77(93)103-80(2,3)4)60-61-31-35-65(36-32-61)102-57-45-84-75(91)41-53-101-58-47-87-70-38-34-63-24-16-18-27-67(63)79(70)82(7,8)73(87)30-14-12-10-11-13-29-72-81(5,6)78-66-26-17-15-23-62(66)33-37-69(78)86(72)46-19-20-59-104(94,95)96/h10-18,23-24,26-27,29-38,68H,9,19-22,25,28,39-60H2,1-8H3,(H3-,83,84,85,90,91,92,94,95,96)/p+1/t68-/m0/s1. The number of allylic oxidation sites excluding steroid dienone is 8. The molecule has 5 aromatic carbocycles. The fourth-order valence-corrected chi connectivity index (χ4v) is 13.5. The molecule has 0 spiro atoms. The van der Waals surface area contributed by atoms with Crippen molar-refractivity contribution in [3.63, 3.8) is 0 Å². The van der Waals surface area contributed by atoms with Gasteiger partial charge in [-0.25, -0.2) is 0 Å². The van der Waals surface area contributed by atoms with E-state index in [0.29, 0.717) is 70.8 Å². The maximum absolute atomic E-state index is 13.6. The first-order valence-electron chi connectivity index (χ1n) is 36.7. The van der Waals surface area contributed by atoms with Crippen LogP contribution in [0.2, 0.25) is 0 Å². The molecule has 21 nitrogen and oxygen atoms in total. The zero-order valence-electron chi connectivity index (χ0n) is 62.2. The number of esters is 1. The van der Waals surface area contributed by atoms with Crippen LogP contribution in [0.25, 0.3) is 21.5 Å². The van der Waals surface area contributed by atoms with Crippen molar-refractivity contribution in [2.45, 2.75) is 161 Å². The van der Waals surface area contributed by atoms with E-state index in [4.69, 9.17) is 33.2 Å². The summed E-state index contributed by atoms with van der Waals surface area (Å²) in [5, 5.41) is 13.3. The minimum atomic E-state index is -4.05. The first-order chi connectivity index (χ1) is 49.9. The second kappa shape index (κ2) is 42.1. The Bertz CT molecular complexity index is 3940. The number of amides is 3. The predicted molar refractivity (Wildman–Crippen MR) is 408 cm³/mol. The number of hydrogen-bond acceptors (Lipinski definition) is 16. The van der Waals surface area contributed by atoms with Crippen molar-refractivity contribution < 1.29 is 79.5 Å². The number of nitrogens with one attached hydrogen (secondary N) is 3. The van der Waals surface area contributed by atoms with Crippen LogP contribution in [0.4, 0.5) is 11.4 Å². The summed E-state index contributed by atoms with van der Waals surface area (Å²) in [7, 11) is -4.05. The van der Waals surface area contributed by atoms with Crippen molar-refractivity contribution in [2.75, 3.05) is 110 Å². The smallest absolute Gasteiger partial charge is 0.308 e. The lowest BCUT2D eigenvalue weighted by molar-refractivity contribution is -0.438. The van der Waals surface area contributed by atoms with E-state index in [1.54, 1.807) is 12.1 Å². The Labute approximate surface area is 614 Å². The van der Waals surface area contributed by atoms with Crippen LogP contribution in [-0.4, -0.2) is 175 Å². The molecule has 0 aromatic heterocycles. The van der Waals surface area contributed by atoms with Crippen LogP contribution in [0, 0.1) is 0 Å². The van der Waals surface area contributed by atoms with E-state index in [2.05, 4.69) is 138 Å². The summed E-state index contributed by atoms with van der Waals surface area (Å²) < 4.78 is 74.3. The molecule has 5 aromatic rings. The lowest BCUT2D eigenvalue weighted by Gasteiger charge is -2.27. The van der Waals surface area contributed by atoms with Gasteiger partial charge in [0, 0.05) is 112 Å². The average molecular weight is 1450 g/mol. The highest BCUT2D eigenvalue weighted by atomic mass is 32.2. The average Bonchev–Trinajstić information content (AvgIpc) is 1.58. The summed E-state index contributed by atoms with van der Waals surface area (Å²) in [6.07, 6.45) is 18.8. The van der Waals surface area contributed by atoms with E-state index in [1.165, 1.54) is 27.3 Å². The van der Waals surface area contributed by atoms with E-state index < -0.39 is 21.8 Å². The molecular formula is C82H110N5O16S+. The first-order valence-corrected chi connectivity index (χ1v) is 38.3. The topological polar surface area (TPSA) is 264 Å². The van der Waals surface area contributed by atoms with Gasteiger partial charge in [-0.15, -0.1) is 0 Å². The van der Waals surface area contributed by atoms with Gasteiger partial charge in [0.05, 0.1) is 76.4 Å². The van der Waals surface area contributed by atoms with Crippen molar-refractivity contribution in [2.24, 2.45) is 0 Å². The van der Waals surface area contributed by atoms with Crippen molar-refractivity contribution in [1.82, 2.24) is 16.0 Å². The molecule has 2 aliphatic rings. The Hall–Kier alpha value is -8.22. The summed E-state index contributed by atoms with van der Waals surface area (Å²) in [6.45, 7) is 21.2. The zero-order valence-corrected chi connectivity index (χ0v) is 63.1.